The third-order valence-corrected chi connectivity index (χ3v) is 7.85. The lowest BCUT2D eigenvalue weighted by Gasteiger charge is -2.19. The zero-order valence-electron chi connectivity index (χ0n) is 27.3. The van der Waals surface area contributed by atoms with Gasteiger partial charge < -0.3 is 15.5 Å². The Hall–Kier alpha value is -1.39. The van der Waals surface area contributed by atoms with Gasteiger partial charge in [0.05, 0.1) is 18.8 Å². The third-order valence-electron chi connectivity index (χ3n) is 7.85. The number of unbranched alkanes of at least 4 members (excludes halogenated alkanes) is 20. The summed E-state index contributed by atoms with van der Waals surface area (Å²) < 4.78 is 0. The Morgan fingerprint density at radius 3 is 1.41 bits per heavy atom. The van der Waals surface area contributed by atoms with E-state index in [0.29, 0.717) is 6.42 Å². The van der Waals surface area contributed by atoms with E-state index >= 15 is 0 Å². The largest absolute Gasteiger partial charge is 0.394 e. The minimum absolute atomic E-state index is 0.0851. The van der Waals surface area contributed by atoms with Gasteiger partial charge in [0.2, 0.25) is 5.91 Å². The van der Waals surface area contributed by atoms with Crippen molar-refractivity contribution < 1.29 is 15.0 Å². The van der Waals surface area contributed by atoms with Gasteiger partial charge in [-0.15, -0.1) is 0 Å². The molecule has 0 heterocycles. The maximum atomic E-state index is 12.3. The van der Waals surface area contributed by atoms with E-state index < -0.39 is 12.1 Å². The molecule has 0 radical (unpaired) electrons. The molecule has 0 aromatic rings. The maximum Gasteiger partial charge on any atom is 0.220 e. The SMILES string of the molecule is CCCCCCCCC/C=C\CCCCCCCC(=O)NC(CO)C(O)/C=C/CC/C=C/CCCCCCCCC. The molecule has 0 spiro atoms. The molecule has 2 unspecified atom stereocenters. The first-order chi connectivity index (χ1) is 20.2. The smallest absolute Gasteiger partial charge is 0.220 e. The monoisotopic (exact) mass is 576 g/mol. The molecule has 0 aromatic carbocycles. The molecule has 2 atom stereocenters. The van der Waals surface area contributed by atoms with Gasteiger partial charge in [0.25, 0.3) is 0 Å². The summed E-state index contributed by atoms with van der Waals surface area (Å²) in [5.74, 6) is -0.0851. The number of allylic oxidation sites excluding steroid dienone is 5. The van der Waals surface area contributed by atoms with Gasteiger partial charge in [-0.25, -0.2) is 0 Å². The fourth-order valence-corrected chi connectivity index (χ4v) is 5.07. The van der Waals surface area contributed by atoms with E-state index in [1.54, 1.807) is 6.08 Å². The molecule has 1 amide bonds. The minimum atomic E-state index is -0.862. The summed E-state index contributed by atoms with van der Waals surface area (Å²) in [6.07, 6.45) is 42.2. The van der Waals surface area contributed by atoms with Crippen LogP contribution >= 0.6 is 0 Å². The Bertz CT molecular complexity index is 628. The summed E-state index contributed by atoms with van der Waals surface area (Å²) in [5.41, 5.74) is 0. The van der Waals surface area contributed by atoms with Gasteiger partial charge in [0.15, 0.2) is 0 Å². The second-order valence-electron chi connectivity index (χ2n) is 11.9. The van der Waals surface area contributed by atoms with Gasteiger partial charge >= 0.3 is 0 Å². The van der Waals surface area contributed by atoms with E-state index in [1.807, 2.05) is 6.08 Å². The molecule has 0 bridgehead atoms. The highest BCUT2D eigenvalue weighted by molar-refractivity contribution is 5.76. The van der Waals surface area contributed by atoms with Gasteiger partial charge in [-0.2, -0.15) is 0 Å². The number of hydrogen-bond acceptors (Lipinski definition) is 3. The number of hydrogen-bond donors (Lipinski definition) is 3. The number of aliphatic hydroxyl groups is 2. The van der Waals surface area contributed by atoms with E-state index in [2.05, 4.69) is 43.5 Å². The summed E-state index contributed by atoms with van der Waals surface area (Å²) in [6, 6.07) is -0.639. The van der Waals surface area contributed by atoms with Crippen LogP contribution in [0, 0.1) is 0 Å². The van der Waals surface area contributed by atoms with Crippen LogP contribution in [0.1, 0.15) is 174 Å². The Balaban J connectivity index is 3.70. The number of carbonyl (C=O) groups excluding carboxylic acids is 1. The third kappa shape index (κ3) is 29.9. The molecule has 0 aliphatic heterocycles. The first-order valence-electron chi connectivity index (χ1n) is 17.7. The molecule has 4 heteroatoms. The van der Waals surface area contributed by atoms with Crippen LogP contribution < -0.4 is 5.32 Å². The summed E-state index contributed by atoms with van der Waals surface area (Å²) in [4.78, 5) is 12.3. The molecule has 0 fully saturated rings. The van der Waals surface area contributed by atoms with Crippen molar-refractivity contribution in [3.63, 3.8) is 0 Å². The van der Waals surface area contributed by atoms with Crippen molar-refractivity contribution in [1.82, 2.24) is 5.32 Å². The van der Waals surface area contributed by atoms with Crippen LogP contribution in [0.2, 0.25) is 0 Å². The second kappa shape index (κ2) is 33.1. The van der Waals surface area contributed by atoms with Gasteiger partial charge in [0.1, 0.15) is 0 Å². The topological polar surface area (TPSA) is 69.6 Å². The van der Waals surface area contributed by atoms with Crippen molar-refractivity contribution in [3.05, 3.63) is 36.5 Å². The van der Waals surface area contributed by atoms with Crippen LogP contribution in [0.4, 0.5) is 0 Å². The zero-order valence-corrected chi connectivity index (χ0v) is 27.3. The van der Waals surface area contributed by atoms with Crippen LogP contribution in [0.5, 0.6) is 0 Å². The molecular formula is C37H69NO3. The standard InChI is InChI=1S/C37H69NO3/c1-3-5-7-9-11-13-15-17-18-19-21-23-25-27-29-31-33-37(41)38-35(34-39)36(40)32-30-28-26-24-22-20-16-14-12-10-8-6-4-2/h18-19,22,24,30,32,35-36,39-40H,3-17,20-21,23,25-29,31,33-34H2,1-2H3,(H,38,41)/b19-18-,24-22+,32-30+. The van der Waals surface area contributed by atoms with E-state index in [-0.39, 0.29) is 12.5 Å². The van der Waals surface area contributed by atoms with E-state index in [0.717, 1.165) is 44.9 Å². The lowest BCUT2D eigenvalue weighted by molar-refractivity contribution is -0.123. The lowest BCUT2D eigenvalue weighted by Crippen LogP contribution is -2.45. The number of carbonyl (C=O) groups is 1. The maximum absolute atomic E-state index is 12.3. The van der Waals surface area contributed by atoms with E-state index in [1.165, 1.54) is 109 Å². The number of aliphatic hydroxyl groups excluding tert-OH is 2. The van der Waals surface area contributed by atoms with Crippen LogP contribution in [0.15, 0.2) is 36.5 Å². The molecule has 0 rings (SSSR count). The van der Waals surface area contributed by atoms with Gasteiger partial charge in [-0.1, -0.05) is 147 Å². The van der Waals surface area contributed by atoms with Crippen LogP contribution in [0.3, 0.4) is 0 Å². The van der Waals surface area contributed by atoms with Crippen molar-refractivity contribution in [1.29, 1.82) is 0 Å². The number of amides is 1. The fourth-order valence-electron chi connectivity index (χ4n) is 5.07. The second-order valence-corrected chi connectivity index (χ2v) is 11.9. The minimum Gasteiger partial charge on any atom is -0.394 e. The number of rotatable bonds is 31. The number of nitrogens with one attached hydrogen (secondary N) is 1. The highest BCUT2D eigenvalue weighted by atomic mass is 16.3. The van der Waals surface area contributed by atoms with E-state index in [4.69, 9.17) is 0 Å². The average Bonchev–Trinajstić information content (AvgIpc) is 2.97. The van der Waals surface area contributed by atoms with Crippen LogP contribution in [-0.2, 0) is 4.79 Å². The molecule has 41 heavy (non-hydrogen) atoms. The highest BCUT2D eigenvalue weighted by Crippen LogP contribution is 2.11. The molecular weight excluding hydrogens is 506 g/mol. The predicted molar refractivity (Wildman–Crippen MR) is 179 cm³/mol. The van der Waals surface area contributed by atoms with Crippen LogP contribution in [0.25, 0.3) is 0 Å². The van der Waals surface area contributed by atoms with Gasteiger partial charge in [-0.3, -0.25) is 4.79 Å². The van der Waals surface area contributed by atoms with Crippen molar-refractivity contribution in [2.24, 2.45) is 0 Å². The van der Waals surface area contributed by atoms with E-state index in [9.17, 15) is 15.0 Å². The Labute approximate surface area is 255 Å². The predicted octanol–water partition coefficient (Wildman–Crippen LogP) is 10.3. The van der Waals surface area contributed by atoms with Crippen LogP contribution in [-0.4, -0.2) is 34.9 Å². The average molecular weight is 576 g/mol. The van der Waals surface area contributed by atoms with Crippen molar-refractivity contribution in [2.45, 2.75) is 187 Å². The summed E-state index contributed by atoms with van der Waals surface area (Å²) in [6.45, 7) is 4.26. The Morgan fingerprint density at radius 2 is 0.951 bits per heavy atom. The summed E-state index contributed by atoms with van der Waals surface area (Å²) >= 11 is 0. The Morgan fingerprint density at radius 1 is 0.561 bits per heavy atom. The van der Waals surface area contributed by atoms with Crippen molar-refractivity contribution >= 4 is 5.91 Å². The van der Waals surface area contributed by atoms with Gasteiger partial charge in [-0.05, 0) is 57.8 Å². The van der Waals surface area contributed by atoms with Crippen molar-refractivity contribution in [2.75, 3.05) is 6.61 Å². The molecule has 0 aromatic heterocycles. The summed E-state index contributed by atoms with van der Waals surface area (Å²) in [5, 5.41) is 22.8. The Kier molecular flexibility index (Phi) is 32.0. The molecule has 0 saturated heterocycles. The molecule has 0 saturated carbocycles. The molecule has 4 nitrogen and oxygen atoms in total. The molecule has 240 valence electrons. The normalized spacial score (nSPS) is 13.6. The molecule has 0 aliphatic carbocycles. The quantitative estimate of drug-likeness (QED) is 0.0569. The summed E-state index contributed by atoms with van der Waals surface area (Å²) in [7, 11) is 0. The van der Waals surface area contributed by atoms with Crippen molar-refractivity contribution in [3.8, 4) is 0 Å². The molecule has 3 N–H and O–H groups in total. The highest BCUT2D eigenvalue weighted by Gasteiger charge is 2.17. The molecule has 0 aliphatic rings. The lowest BCUT2D eigenvalue weighted by atomic mass is 10.1. The fraction of sp³-hybridized carbons (Fsp3) is 0.811. The van der Waals surface area contributed by atoms with Gasteiger partial charge in [0, 0.05) is 6.42 Å². The first-order valence-corrected chi connectivity index (χ1v) is 17.7. The first kappa shape index (κ1) is 39.6. The zero-order chi connectivity index (χ0) is 30.1.